The predicted octanol–water partition coefficient (Wildman–Crippen LogP) is 3.87. The zero-order valence-electron chi connectivity index (χ0n) is 10.7. The summed E-state index contributed by atoms with van der Waals surface area (Å²) in [5.74, 6) is 0.862. The van der Waals surface area contributed by atoms with Crippen molar-refractivity contribution in [3.05, 3.63) is 52.4 Å². The number of thiol groups is 1. The minimum absolute atomic E-state index is 0.339. The van der Waals surface area contributed by atoms with Crippen LogP contribution in [0.1, 0.15) is 16.9 Å². The second-order valence-electron chi connectivity index (χ2n) is 4.22. The van der Waals surface area contributed by atoms with Crippen LogP contribution in [-0.4, -0.2) is 13.0 Å². The van der Waals surface area contributed by atoms with Crippen LogP contribution >= 0.6 is 36.4 Å². The molecule has 1 aromatic heterocycles. The number of halogens is 1. The number of benzene rings is 1. The molecule has 1 aromatic carbocycles. The first-order valence-electron chi connectivity index (χ1n) is 5.93. The second kappa shape index (κ2) is 7.42. The van der Waals surface area contributed by atoms with E-state index in [4.69, 9.17) is 32.8 Å². The third-order valence-electron chi connectivity index (χ3n) is 2.84. The van der Waals surface area contributed by atoms with Gasteiger partial charge in [0.25, 0.3) is 11.3 Å². The van der Waals surface area contributed by atoms with Crippen LogP contribution in [0.25, 0.3) is 0 Å². The van der Waals surface area contributed by atoms with Gasteiger partial charge < -0.3 is 4.42 Å². The van der Waals surface area contributed by atoms with Crippen molar-refractivity contribution in [3.8, 4) is 0 Å². The van der Waals surface area contributed by atoms with Gasteiger partial charge in [-0.15, -0.1) is 12.6 Å². The molecule has 1 heterocycles. The molecule has 2 N–H and O–H groups in total. The minimum atomic E-state index is -2.20. The first-order chi connectivity index (χ1) is 9.97. The Morgan fingerprint density at radius 1 is 1.48 bits per heavy atom. The van der Waals surface area contributed by atoms with E-state index >= 15 is 0 Å². The average molecular weight is 362 g/mol. The molecule has 1 unspecified atom stereocenters. The molecule has 2 rings (SSSR count). The summed E-state index contributed by atoms with van der Waals surface area (Å²) >= 11 is 13.2. The second-order valence-corrected chi connectivity index (χ2v) is 6.49. The topological polar surface area (TPSA) is 62.5 Å². The van der Waals surface area contributed by atoms with E-state index in [1.807, 2.05) is 12.1 Å². The van der Waals surface area contributed by atoms with Crippen LogP contribution < -0.4 is 4.72 Å². The highest BCUT2D eigenvalue weighted by Gasteiger charge is 2.12. The van der Waals surface area contributed by atoms with Crippen molar-refractivity contribution in [3.63, 3.8) is 0 Å². The molecule has 0 aliphatic rings. The molecule has 2 aromatic rings. The van der Waals surface area contributed by atoms with Crippen LogP contribution in [0.3, 0.4) is 0 Å². The maximum atomic E-state index is 10.8. The third kappa shape index (κ3) is 4.55. The van der Waals surface area contributed by atoms with Gasteiger partial charge in [0, 0.05) is 12.0 Å². The largest absolute Gasteiger partial charge is 0.469 e. The van der Waals surface area contributed by atoms with E-state index in [0.717, 1.165) is 11.3 Å². The van der Waals surface area contributed by atoms with E-state index in [1.165, 1.54) is 0 Å². The van der Waals surface area contributed by atoms with E-state index in [2.05, 4.69) is 17.4 Å². The van der Waals surface area contributed by atoms with Gasteiger partial charge in [-0.1, -0.05) is 23.8 Å². The molecule has 8 heteroatoms. The van der Waals surface area contributed by atoms with Crippen molar-refractivity contribution in [1.29, 1.82) is 0 Å². The summed E-state index contributed by atoms with van der Waals surface area (Å²) < 4.78 is 27.8. The van der Waals surface area contributed by atoms with Crippen molar-refractivity contribution in [2.75, 3.05) is 4.72 Å². The fourth-order valence-corrected chi connectivity index (χ4v) is 2.95. The molecule has 0 fully saturated rings. The van der Waals surface area contributed by atoms with Crippen LogP contribution in [0.15, 0.2) is 34.9 Å². The van der Waals surface area contributed by atoms with Crippen molar-refractivity contribution < 1.29 is 13.2 Å². The molecule has 112 valence electrons. The molecule has 0 radical (unpaired) electrons. The lowest BCUT2D eigenvalue weighted by Crippen LogP contribution is -2.06. The zero-order valence-corrected chi connectivity index (χ0v) is 14.0. The van der Waals surface area contributed by atoms with Gasteiger partial charge in [0.1, 0.15) is 5.76 Å². The van der Waals surface area contributed by atoms with Crippen LogP contribution in [0, 0.1) is 0 Å². The summed E-state index contributed by atoms with van der Waals surface area (Å²) in [7, 11) is 0. The van der Waals surface area contributed by atoms with Gasteiger partial charge in [-0.25, -0.2) is 4.21 Å². The number of nitrogens with one attached hydrogen (secondary N) is 1. The van der Waals surface area contributed by atoms with E-state index in [1.54, 1.807) is 18.4 Å². The molecule has 0 amide bonds. The van der Waals surface area contributed by atoms with Gasteiger partial charge in [0.05, 0.1) is 21.2 Å². The summed E-state index contributed by atoms with van der Waals surface area (Å²) in [6, 6.07) is 7.07. The van der Waals surface area contributed by atoms with Crippen LogP contribution in [0.2, 0.25) is 5.02 Å². The molecule has 0 bridgehead atoms. The van der Waals surface area contributed by atoms with Gasteiger partial charge >= 0.3 is 0 Å². The van der Waals surface area contributed by atoms with Gasteiger partial charge in [0.15, 0.2) is 0 Å². The fraction of sp³-hybridized carbons (Fsp3) is 0.154. The molecule has 1 atom stereocenters. The van der Waals surface area contributed by atoms with Crippen LogP contribution in [0.5, 0.6) is 0 Å². The quantitative estimate of drug-likeness (QED) is 0.415. The third-order valence-corrected chi connectivity index (χ3v) is 4.01. The maximum absolute atomic E-state index is 10.8. The molecule has 0 saturated carbocycles. The van der Waals surface area contributed by atoms with Crippen molar-refractivity contribution in [1.82, 2.24) is 0 Å². The Morgan fingerprint density at radius 2 is 2.24 bits per heavy atom. The molecule has 0 aliphatic heterocycles. The summed E-state index contributed by atoms with van der Waals surface area (Å²) in [6.07, 6.45) is 2.99. The van der Waals surface area contributed by atoms with Crippen LogP contribution in [0.4, 0.5) is 5.69 Å². The molecular formula is C13H12ClNO3S3. The Balaban J connectivity index is 2.29. The Hall–Kier alpha value is -0.860. The lowest BCUT2D eigenvalue weighted by molar-refractivity contribution is 0.508. The van der Waals surface area contributed by atoms with Gasteiger partial charge in [-0.3, -0.25) is 9.27 Å². The molecule has 0 spiro atoms. The predicted molar refractivity (Wildman–Crippen MR) is 92.6 cm³/mol. The number of hydrogen-bond acceptors (Lipinski definition) is 3. The van der Waals surface area contributed by atoms with Crippen molar-refractivity contribution in [2.24, 2.45) is 0 Å². The Labute approximate surface area is 140 Å². The average Bonchev–Trinajstić information content (AvgIpc) is 2.91. The Bertz CT molecular complexity index is 674. The molecule has 21 heavy (non-hydrogen) atoms. The monoisotopic (exact) mass is 361 g/mol. The fourth-order valence-electron chi connectivity index (χ4n) is 1.91. The van der Waals surface area contributed by atoms with E-state index in [0.29, 0.717) is 33.3 Å². The minimum Gasteiger partial charge on any atom is -0.469 e. The number of furan rings is 1. The number of rotatable bonds is 6. The summed E-state index contributed by atoms with van der Waals surface area (Å²) in [6.45, 7) is 0. The lowest BCUT2D eigenvalue weighted by Gasteiger charge is -2.12. The van der Waals surface area contributed by atoms with Gasteiger partial charge in [-0.2, -0.15) is 0 Å². The number of hydrogen-bond donors (Lipinski definition) is 3. The number of thiocarbonyl (C=S) groups is 1. The highest BCUT2D eigenvalue weighted by atomic mass is 35.5. The van der Waals surface area contributed by atoms with Crippen LogP contribution in [-0.2, 0) is 24.1 Å². The number of aryl methyl sites for hydroxylation is 2. The summed E-state index contributed by atoms with van der Waals surface area (Å²) in [5.41, 5.74) is 1.95. The number of anilines is 1. The molecule has 0 saturated heterocycles. The van der Waals surface area contributed by atoms with E-state index < -0.39 is 11.3 Å². The first-order valence-corrected chi connectivity index (χ1v) is 8.27. The van der Waals surface area contributed by atoms with Crippen molar-refractivity contribution >= 4 is 57.6 Å². The SMILES string of the molecule is O=S(O)Nc1cc(C(=S)S)c(CCc2ccco2)cc1Cl. The zero-order chi connectivity index (χ0) is 15.4. The Morgan fingerprint density at radius 3 is 2.81 bits per heavy atom. The molecule has 0 aliphatic carbocycles. The Kier molecular flexibility index (Phi) is 5.83. The highest BCUT2D eigenvalue weighted by molar-refractivity contribution is 8.11. The van der Waals surface area contributed by atoms with Gasteiger partial charge in [-0.05, 0) is 36.2 Å². The normalized spacial score (nSPS) is 12.1. The lowest BCUT2D eigenvalue weighted by atomic mass is 10.0. The standard InChI is InChI=1S/C13H12ClNO3S3/c14-11-6-8(3-4-9-2-1-5-18-9)10(13(19)20)7-12(11)15-21(16)17/h1-2,5-7,15H,3-4H2,(H,16,17)(H,19,20). The maximum Gasteiger partial charge on any atom is 0.259 e. The summed E-state index contributed by atoms with van der Waals surface area (Å²) in [4.78, 5) is 0. The summed E-state index contributed by atoms with van der Waals surface area (Å²) in [5, 5.41) is 0.347. The van der Waals surface area contributed by atoms with E-state index in [-0.39, 0.29) is 0 Å². The van der Waals surface area contributed by atoms with E-state index in [9.17, 15) is 4.21 Å². The smallest absolute Gasteiger partial charge is 0.259 e. The van der Waals surface area contributed by atoms with Crippen molar-refractivity contribution in [2.45, 2.75) is 12.8 Å². The molecule has 4 nitrogen and oxygen atoms in total. The first kappa shape index (κ1) is 16.5. The van der Waals surface area contributed by atoms with Gasteiger partial charge in [0.2, 0.25) is 0 Å². The molecular weight excluding hydrogens is 350 g/mol. The highest BCUT2D eigenvalue weighted by Crippen LogP contribution is 2.28.